The number of hydrogen-bond acceptors (Lipinski definition) is 9. The molecule has 0 aliphatic carbocycles. The molecule has 2 aromatic heterocycles. The number of anilines is 1. The standard InChI is InChI=1S/C11H15N5OS3/c1-4-12-7-5-9(14-8(13-7)6-17-2)19-11-16-15-10(18-3)20-11/h5H,4,6H2,1-3H3,(H,12,13,14). The zero-order chi connectivity index (χ0) is 14.4. The molecule has 20 heavy (non-hydrogen) atoms. The summed E-state index contributed by atoms with van der Waals surface area (Å²) >= 11 is 4.64. The second-order valence-electron chi connectivity index (χ2n) is 3.61. The fourth-order valence-corrected chi connectivity index (χ4v) is 3.81. The number of aromatic nitrogens is 4. The van der Waals surface area contributed by atoms with Crippen molar-refractivity contribution in [2.75, 3.05) is 25.2 Å². The van der Waals surface area contributed by atoms with E-state index in [0.717, 1.165) is 26.1 Å². The molecule has 1 N–H and O–H groups in total. The maximum absolute atomic E-state index is 5.10. The van der Waals surface area contributed by atoms with E-state index in [-0.39, 0.29) is 0 Å². The molecular weight excluding hydrogens is 314 g/mol. The van der Waals surface area contributed by atoms with Crippen molar-refractivity contribution in [1.29, 1.82) is 0 Å². The van der Waals surface area contributed by atoms with Gasteiger partial charge in [0.1, 0.15) is 17.5 Å². The van der Waals surface area contributed by atoms with Gasteiger partial charge in [0, 0.05) is 19.7 Å². The first-order valence-electron chi connectivity index (χ1n) is 5.91. The lowest BCUT2D eigenvalue weighted by Crippen LogP contribution is -2.05. The third-order valence-corrected chi connectivity index (χ3v) is 5.00. The first-order valence-corrected chi connectivity index (χ1v) is 8.77. The van der Waals surface area contributed by atoms with Gasteiger partial charge in [-0.1, -0.05) is 23.1 Å². The molecule has 0 aromatic carbocycles. The predicted octanol–water partition coefficient (Wildman–Crippen LogP) is 2.78. The van der Waals surface area contributed by atoms with Crippen molar-refractivity contribution in [1.82, 2.24) is 20.2 Å². The first kappa shape index (κ1) is 15.5. The number of hydrogen-bond donors (Lipinski definition) is 1. The number of rotatable bonds is 7. The lowest BCUT2D eigenvalue weighted by Gasteiger charge is -2.07. The number of ether oxygens (including phenoxy) is 1. The van der Waals surface area contributed by atoms with Gasteiger partial charge in [-0.15, -0.1) is 10.2 Å². The van der Waals surface area contributed by atoms with Crippen molar-refractivity contribution < 1.29 is 4.74 Å². The summed E-state index contributed by atoms with van der Waals surface area (Å²) in [6.45, 7) is 3.22. The normalized spacial score (nSPS) is 10.8. The molecule has 0 unspecified atom stereocenters. The molecule has 0 amide bonds. The fourth-order valence-electron chi connectivity index (χ4n) is 1.40. The van der Waals surface area contributed by atoms with Gasteiger partial charge in [0.15, 0.2) is 14.5 Å². The van der Waals surface area contributed by atoms with Crippen molar-refractivity contribution >= 4 is 40.7 Å². The Hall–Kier alpha value is -0.900. The summed E-state index contributed by atoms with van der Waals surface area (Å²) in [7, 11) is 1.63. The average molecular weight is 329 g/mol. The lowest BCUT2D eigenvalue weighted by molar-refractivity contribution is 0.177. The van der Waals surface area contributed by atoms with Crippen LogP contribution in [0.25, 0.3) is 0 Å². The Kier molecular flexibility index (Phi) is 6.02. The summed E-state index contributed by atoms with van der Waals surface area (Å²) < 4.78 is 6.92. The molecule has 6 nitrogen and oxygen atoms in total. The summed E-state index contributed by atoms with van der Waals surface area (Å²) in [6.07, 6.45) is 1.99. The molecule has 9 heteroatoms. The van der Waals surface area contributed by atoms with E-state index in [9.17, 15) is 0 Å². The molecule has 0 radical (unpaired) electrons. The van der Waals surface area contributed by atoms with Crippen LogP contribution < -0.4 is 5.32 Å². The fraction of sp³-hybridized carbons (Fsp3) is 0.455. The van der Waals surface area contributed by atoms with Crippen LogP contribution in [-0.2, 0) is 11.3 Å². The van der Waals surface area contributed by atoms with Crippen LogP contribution in [0.3, 0.4) is 0 Å². The molecule has 0 saturated carbocycles. The van der Waals surface area contributed by atoms with Crippen LogP contribution in [0.1, 0.15) is 12.7 Å². The van der Waals surface area contributed by atoms with E-state index in [4.69, 9.17) is 4.74 Å². The molecule has 0 aliphatic rings. The molecule has 0 atom stereocenters. The molecular formula is C11H15N5OS3. The molecule has 0 fully saturated rings. The molecule has 2 aromatic rings. The highest BCUT2D eigenvalue weighted by atomic mass is 32.2. The van der Waals surface area contributed by atoms with Crippen molar-refractivity contribution in [3.8, 4) is 0 Å². The van der Waals surface area contributed by atoms with Gasteiger partial charge in [0.25, 0.3) is 0 Å². The summed E-state index contributed by atoms with van der Waals surface area (Å²) in [5.74, 6) is 1.45. The highest BCUT2D eigenvalue weighted by Crippen LogP contribution is 2.32. The van der Waals surface area contributed by atoms with Crippen molar-refractivity contribution in [3.05, 3.63) is 11.9 Å². The minimum absolute atomic E-state index is 0.388. The maximum Gasteiger partial charge on any atom is 0.181 e. The van der Waals surface area contributed by atoms with Gasteiger partial charge in [-0.25, -0.2) is 9.97 Å². The van der Waals surface area contributed by atoms with E-state index in [2.05, 4.69) is 25.5 Å². The third-order valence-electron chi connectivity index (χ3n) is 2.13. The van der Waals surface area contributed by atoms with Crippen LogP contribution in [-0.4, -0.2) is 40.1 Å². The maximum atomic E-state index is 5.10. The first-order chi connectivity index (χ1) is 9.75. The Balaban J connectivity index is 2.20. The lowest BCUT2D eigenvalue weighted by atomic mass is 10.5. The SMILES string of the molecule is CCNc1cc(Sc2nnc(SC)s2)nc(COC)n1. The van der Waals surface area contributed by atoms with Crippen LogP contribution in [0, 0.1) is 0 Å². The van der Waals surface area contributed by atoms with Crippen LogP contribution in [0.4, 0.5) is 5.82 Å². The van der Waals surface area contributed by atoms with Gasteiger partial charge in [-0.3, -0.25) is 0 Å². The van der Waals surface area contributed by atoms with Gasteiger partial charge in [-0.05, 0) is 24.9 Å². The van der Waals surface area contributed by atoms with E-state index in [1.807, 2.05) is 19.2 Å². The molecule has 0 saturated heterocycles. The Morgan fingerprint density at radius 2 is 2.10 bits per heavy atom. The summed E-state index contributed by atoms with van der Waals surface area (Å²) in [6, 6.07) is 1.91. The summed E-state index contributed by atoms with van der Waals surface area (Å²) in [5.41, 5.74) is 0. The predicted molar refractivity (Wildman–Crippen MR) is 82.7 cm³/mol. The van der Waals surface area contributed by atoms with E-state index in [1.54, 1.807) is 30.2 Å². The zero-order valence-electron chi connectivity index (χ0n) is 11.4. The van der Waals surface area contributed by atoms with Gasteiger partial charge >= 0.3 is 0 Å². The molecule has 2 heterocycles. The van der Waals surface area contributed by atoms with Crippen molar-refractivity contribution in [3.63, 3.8) is 0 Å². The molecule has 0 aliphatic heterocycles. The average Bonchev–Trinajstić information content (AvgIpc) is 2.87. The molecule has 0 bridgehead atoms. The Morgan fingerprint density at radius 1 is 1.30 bits per heavy atom. The van der Waals surface area contributed by atoms with Crippen LogP contribution in [0.15, 0.2) is 19.8 Å². The zero-order valence-corrected chi connectivity index (χ0v) is 13.9. The van der Waals surface area contributed by atoms with E-state index >= 15 is 0 Å². The second-order valence-corrected chi connectivity index (χ2v) is 6.91. The Bertz CT molecular complexity index is 538. The molecule has 0 spiro atoms. The minimum Gasteiger partial charge on any atom is -0.377 e. The number of nitrogens with zero attached hydrogens (tertiary/aromatic N) is 4. The van der Waals surface area contributed by atoms with E-state index < -0.39 is 0 Å². The van der Waals surface area contributed by atoms with E-state index in [0.29, 0.717) is 12.4 Å². The van der Waals surface area contributed by atoms with E-state index in [1.165, 1.54) is 11.8 Å². The van der Waals surface area contributed by atoms with Gasteiger partial charge in [0.05, 0.1) is 0 Å². The van der Waals surface area contributed by atoms with Crippen molar-refractivity contribution in [2.45, 2.75) is 27.2 Å². The molecule has 2 rings (SSSR count). The quantitative estimate of drug-likeness (QED) is 0.614. The van der Waals surface area contributed by atoms with Gasteiger partial charge < -0.3 is 10.1 Å². The monoisotopic (exact) mass is 329 g/mol. The highest BCUT2D eigenvalue weighted by Gasteiger charge is 2.09. The van der Waals surface area contributed by atoms with Crippen molar-refractivity contribution in [2.24, 2.45) is 0 Å². The van der Waals surface area contributed by atoms with Crippen LogP contribution in [0.5, 0.6) is 0 Å². The summed E-state index contributed by atoms with van der Waals surface area (Å²) in [4.78, 5) is 8.83. The largest absolute Gasteiger partial charge is 0.377 e. The van der Waals surface area contributed by atoms with Gasteiger partial charge in [0.2, 0.25) is 0 Å². The van der Waals surface area contributed by atoms with Crippen LogP contribution in [0.2, 0.25) is 0 Å². The number of methoxy groups -OCH3 is 1. The van der Waals surface area contributed by atoms with Crippen LogP contribution >= 0.6 is 34.9 Å². The third kappa shape index (κ3) is 4.30. The molecule has 108 valence electrons. The highest BCUT2D eigenvalue weighted by molar-refractivity contribution is 8.02. The van der Waals surface area contributed by atoms with Gasteiger partial charge in [-0.2, -0.15) is 0 Å². The Morgan fingerprint density at radius 3 is 2.75 bits per heavy atom. The minimum atomic E-state index is 0.388. The smallest absolute Gasteiger partial charge is 0.181 e. The Labute approximate surface area is 130 Å². The number of nitrogens with one attached hydrogen (secondary N) is 1. The second kappa shape index (κ2) is 7.77. The number of thioether (sulfide) groups is 1. The topological polar surface area (TPSA) is 72.8 Å². The summed E-state index contributed by atoms with van der Waals surface area (Å²) in [5, 5.41) is 12.2.